The average Bonchev–Trinajstić information content (AvgIpc) is 2.64. The van der Waals surface area contributed by atoms with Crippen molar-refractivity contribution in [1.29, 1.82) is 0 Å². The van der Waals surface area contributed by atoms with Crippen molar-refractivity contribution in [3.63, 3.8) is 0 Å². The predicted octanol–water partition coefficient (Wildman–Crippen LogP) is 3.38. The van der Waals surface area contributed by atoms with E-state index in [9.17, 15) is 0 Å². The normalized spacial score (nSPS) is 29.8. The van der Waals surface area contributed by atoms with Crippen LogP contribution in [0.25, 0.3) is 0 Å². The minimum Gasteiger partial charge on any atom is -0.298 e. The van der Waals surface area contributed by atoms with E-state index >= 15 is 0 Å². The van der Waals surface area contributed by atoms with Crippen molar-refractivity contribution in [1.82, 2.24) is 10.6 Å². The standard InChI is InChI=1S/C8H18N2.2C2H6.H2/c1-4-7-8(5-2)10-6(3)9-7;2*1-2;/h6-10H,4-5H2,1-3H3;2*1-2H3;1H. The Morgan fingerprint density at radius 1 is 0.857 bits per heavy atom. The number of hydrogen-bond donors (Lipinski definition) is 2. The summed E-state index contributed by atoms with van der Waals surface area (Å²) >= 11 is 0. The maximum absolute atomic E-state index is 3.49. The van der Waals surface area contributed by atoms with Crippen LogP contribution in [-0.2, 0) is 0 Å². The highest BCUT2D eigenvalue weighted by Gasteiger charge is 2.26. The lowest BCUT2D eigenvalue weighted by Crippen LogP contribution is -2.31. The molecule has 0 saturated carbocycles. The first-order valence-electron chi connectivity index (χ1n) is 6.30. The van der Waals surface area contributed by atoms with E-state index in [-0.39, 0.29) is 1.43 Å². The highest BCUT2D eigenvalue weighted by Crippen LogP contribution is 2.10. The van der Waals surface area contributed by atoms with Gasteiger partial charge in [-0.3, -0.25) is 10.6 Å². The monoisotopic (exact) mass is 204 g/mol. The van der Waals surface area contributed by atoms with Gasteiger partial charge in [0.2, 0.25) is 0 Å². The molecule has 1 aliphatic heterocycles. The summed E-state index contributed by atoms with van der Waals surface area (Å²) in [4.78, 5) is 0. The Morgan fingerprint density at radius 3 is 1.36 bits per heavy atom. The molecular weight excluding hydrogens is 172 g/mol. The van der Waals surface area contributed by atoms with Gasteiger partial charge >= 0.3 is 0 Å². The lowest BCUT2D eigenvalue weighted by molar-refractivity contribution is 0.484. The molecule has 2 nitrogen and oxygen atoms in total. The summed E-state index contributed by atoms with van der Waals surface area (Å²) in [5.41, 5.74) is 0. The van der Waals surface area contributed by atoms with E-state index in [4.69, 9.17) is 0 Å². The Balaban J connectivity index is -0.000000258. The average molecular weight is 204 g/mol. The highest BCUT2D eigenvalue weighted by molar-refractivity contribution is 4.89. The minimum atomic E-state index is 0. The van der Waals surface area contributed by atoms with Crippen molar-refractivity contribution in [2.75, 3.05) is 0 Å². The predicted molar refractivity (Wildman–Crippen MR) is 68.7 cm³/mol. The molecule has 0 radical (unpaired) electrons. The van der Waals surface area contributed by atoms with E-state index in [1.165, 1.54) is 12.8 Å². The molecule has 2 N–H and O–H groups in total. The van der Waals surface area contributed by atoms with Crippen LogP contribution in [-0.4, -0.2) is 18.2 Å². The van der Waals surface area contributed by atoms with Gasteiger partial charge in [0, 0.05) is 13.5 Å². The molecule has 0 bridgehead atoms. The zero-order chi connectivity index (χ0) is 11.6. The maximum Gasteiger partial charge on any atom is 0.0547 e. The maximum atomic E-state index is 3.49. The molecule has 1 heterocycles. The topological polar surface area (TPSA) is 24.1 Å². The Hall–Kier alpha value is -0.0800. The second-order valence-electron chi connectivity index (χ2n) is 3.08. The van der Waals surface area contributed by atoms with Crippen LogP contribution >= 0.6 is 0 Å². The van der Waals surface area contributed by atoms with Crippen molar-refractivity contribution >= 4 is 0 Å². The molecule has 0 aliphatic carbocycles. The number of rotatable bonds is 2. The van der Waals surface area contributed by atoms with Gasteiger partial charge in [-0.2, -0.15) is 0 Å². The van der Waals surface area contributed by atoms with Crippen LogP contribution in [0.3, 0.4) is 0 Å². The molecule has 2 heteroatoms. The Bertz CT molecular complexity index is 97.8. The van der Waals surface area contributed by atoms with Gasteiger partial charge in [-0.25, -0.2) is 0 Å². The molecule has 0 aromatic rings. The van der Waals surface area contributed by atoms with Gasteiger partial charge in [0.05, 0.1) is 6.17 Å². The summed E-state index contributed by atoms with van der Waals surface area (Å²) < 4.78 is 0. The largest absolute Gasteiger partial charge is 0.298 e. The molecule has 90 valence electrons. The summed E-state index contributed by atoms with van der Waals surface area (Å²) in [7, 11) is 0. The quantitative estimate of drug-likeness (QED) is 0.720. The third-order valence-electron chi connectivity index (χ3n) is 2.29. The van der Waals surface area contributed by atoms with Gasteiger partial charge in [0.1, 0.15) is 0 Å². The second-order valence-corrected chi connectivity index (χ2v) is 3.08. The molecule has 0 aromatic heterocycles. The first-order valence-corrected chi connectivity index (χ1v) is 6.30. The van der Waals surface area contributed by atoms with Crippen molar-refractivity contribution in [2.45, 2.75) is 79.6 Å². The van der Waals surface area contributed by atoms with Crippen LogP contribution in [0.1, 0.15) is 62.7 Å². The van der Waals surface area contributed by atoms with Crippen LogP contribution in [0, 0.1) is 0 Å². The lowest BCUT2D eigenvalue weighted by Gasteiger charge is -2.14. The van der Waals surface area contributed by atoms with Crippen molar-refractivity contribution < 1.29 is 1.43 Å². The van der Waals surface area contributed by atoms with Gasteiger partial charge in [0.25, 0.3) is 0 Å². The molecule has 0 amide bonds. The Morgan fingerprint density at radius 2 is 1.14 bits per heavy atom. The molecule has 2 atom stereocenters. The SMILES string of the molecule is CC.CC.CCC1NC(C)NC1CC.[HH]. The summed E-state index contributed by atoms with van der Waals surface area (Å²) in [6.45, 7) is 14.7. The first kappa shape index (κ1) is 16.4. The fourth-order valence-electron chi connectivity index (χ4n) is 1.73. The summed E-state index contributed by atoms with van der Waals surface area (Å²) in [6, 6.07) is 1.39. The fraction of sp³-hybridized carbons (Fsp3) is 1.00. The van der Waals surface area contributed by atoms with Crippen LogP contribution in [0.2, 0.25) is 0 Å². The van der Waals surface area contributed by atoms with Crippen LogP contribution in [0.4, 0.5) is 0 Å². The lowest BCUT2D eigenvalue weighted by atomic mass is 10.1. The molecule has 0 aromatic carbocycles. The Labute approximate surface area is 92.3 Å². The van der Waals surface area contributed by atoms with Gasteiger partial charge in [-0.15, -0.1) is 0 Å². The molecule has 14 heavy (non-hydrogen) atoms. The summed E-state index contributed by atoms with van der Waals surface area (Å²) in [6.07, 6.45) is 2.97. The van der Waals surface area contributed by atoms with Gasteiger partial charge in [-0.05, 0) is 19.8 Å². The highest BCUT2D eigenvalue weighted by atomic mass is 15.2. The van der Waals surface area contributed by atoms with E-state index in [2.05, 4.69) is 31.4 Å². The zero-order valence-electron chi connectivity index (χ0n) is 11.1. The molecular formula is C12H32N2. The number of nitrogens with one attached hydrogen (secondary N) is 2. The molecule has 0 spiro atoms. The third kappa shape index (κ3) is 5.61. The first-order chi connectivity index (χ1) is 6.77. The van der Waals surface area contributed by atoms with Crippen LogP contribution in [0.15, 0.2) is 0 Å². The van der Waals surface area contributed by atoms with Crippen LogP contribution in [0.5, 0.6) is 0 Å². The summed E-state index contributed by atoms with van der Waals surface area (Å²) in [5, 5.41) is 6.99. The van der Waals surface area contributed by atoms with E-state index in [1.807, 2.05) is 27.7 Å². The van der Waals surface area contributed by atoms with Gasteiger partial charge in [-0.1, -0.05) is 41.5 Å². The van der Waals surface area contributed by atoms with Gasteiger partial charge < -0.3 is 0 Å². The van der Waals surface area contributed by atoms with Crippen molar-refractivity contribution in [2.24, 2.45) is 0 Å². The van der Waals surface area contributed by atoms with Crippen molar-refractivity contribution in [3.8, 4) is 0 Å². The van der Waals surface area contributed by atoms with Crippen LogP contribution < -0.4 is 10.6 Å². The van der Waals surface area contributed by atoms with E-state index in [0.717, 1.165) is 0 Å². The fourth-order valence-corrected chi connectivity index (χ4v) is 1.73. The smallest absolute Gasteiger partial charge is 0.0547 e. The number of hydrogen-bond acceptors (Lipinski definition) is 2. The third-order valence-corrected chi connectivity index (χ3v) is 2.29. The van der Waals surface area contributed by atoms with E-state index in [0.29, 0.717) is 18.2 Å². The Kier molecular flexibility index (Phi) is 12.8. The molecule has 1 saturated heterocycles. The van der Waals surface area contributed by atoms with Gasteiger partial charge in [0.15, 0.2) is 0 Å². The molecule has 1 aliphatic rings. The van der Waals surface area contributed by atoms with E-state index < -0.39 is 0 Å². The second kappa shape index (κ2) is 11.0. The minimum absolute atomic E-state index is 0. The summed E-state index contributed by atoms with van der Waals surface area (Å²) in [5.74, 6) is 0. The molecule has 1 rings (SSSR count). The zero-order valence-corrected chi connectivity index (χ0v) is 11.1. The molecule has 1 fully saturated rings. The van der Waals surface area contributed by atoms with Crippen molar-refractivity contribution in [3.05, 3.63) is 0 Å². The van der Waals surface area contributed by atoms with E-state index in [1.54, 1.807) is 0 Å². The molecule has 2 unspecified atom stereocenters.